The van der Waals surface area contributed by atoms with E-state index >= 15 is 0 Å². The summed E-state index contributed by atoms with van der Waals surface area (Å²) in [5.74, 6) is 4.94. The van der Waals surface area contributed by atoms with E-state index in [1.165, 1.54) is 17.1 Å². The van der Waals surface area contributed by atoms with Crippen LogP contribution in [0.5, 0.6) is 23.0 Å². The Morgan fingerprint density at radius 3 is 2.29 bits per heavy atom. The molecule has 0 unspecified atom stereocenters. The van der Waals surface area contributed by atoms with Crippen molar-refractivity contribution in [2.45, 2.75) is 4.58 Å². The van der Waals surface area contributed by atoms with E-state index in [2.05, 4.69) is 17.4 Å². The minimum Gasteiger partial charge on any atom is -0.497 e. The second-order valence-electron chi connectivity index (χ2n) is 6.78. The summed E-state index contributed by atoms with van der Waals surface area (Å²) < 4.78 is 17.1. The molecule has 0 aromatic heterocycles. The predicted octanol–water partition coefficient (Wildman–Crippen LogP) is 5.98. The first-order chi connectivity index (χ1) is 15.2. The van der Waals surface area contributed by atoms with Crippen LogP contribution in [0.4, 0.5) is 5.69 Å². The van der Waals surface area contributed by atoms with Crippen LogP contribution in [0, 0.1) is 0 Å². The summed E-state index contributed by atoms with van der Waals surface area (Å²) in [6.45, 7) is -0.0473. The molecular weight excluding hydrogens is 430 g/mol. The molecule has 0 saturated carbocycles. The molecule has 7 heteroatoms. The van der Waals surface area contributed by atoms with Crippen LogP contribution in [-0.2, 0) is 4.79 Å². The standard InChI is InChI=1S/C24H23NO4S2/c1-27-21-3-2-4-22(15-21)29-20-11-7-18(8-12-20)25-23(26)16-28-19-9-5-17(6-10-19)24-30-13-14-31-24/h2-12,15,24H,13-14,16H2,1H3,(H,25,26). The average Bonchev–Trinajstić information content (AvgIpc) is 3.35. The van der Waals surface area contributed by atoms with Crippen molar-refractivity contribution < 1.29 is 19.0 Å². The molecule has 1 amide bonds. The number of hydrogen-bond acceptors (Lipinski definition) is 6. The molecule has 1 N–H and O–H groups in total. The molecule has 1 aliphatic heterocycles. The first-order valence-corrected chi connectivity index (χ1v) is 12.0. The molecule has 1 saturated heterocycles. The molecule has 1 heterocycles. The number of thioether (sulfide) groups is 2. The Kier molecular flexibility index (Phi) is 7.27. The molecule has 1 aliphatic rings. The Balaban J connectivity index is 1.25. The normalized spacial score (nSPS) is 13.6. The van der Waals surface area contributed by atoms with E-state index in [1.807, 2.05) is 59.9 Å². The van der Waals surface area contributed by atoms with Gasteiger partial charge in [-0.15, -0.1) is 23.5 Å². The smallest absolute Gasteiger partial charge is 0.262 e. The highest BCUT2D eigenvalue weighted by Gasteiger charge is 2.18. The number of carbonyl (C=O) groups is 1. The van der Waals surface area contributed by atoms with Crippen LogP contribution in [0.1, 0.15) is 10.1 Å². The van der Waals surface area contributed by atoms with Crippen LogP contribution in [-0.4, -0.2) is 31.1 Å². The van der Waals surface area contributed by atoms with Gasteiger partial charge in [0.2, 0.25) is 0 Å². The molecule has 0 bridgehead atoms. The van der Waals surface area contributed by atoms with E-state index in [0.29, 0.717) is 27.5 Å². The van der Waals surface area contributed by atoms with Crippen molar-refractivity contribution in [3.05, 3.63) is 78.4 Å². The number of hydrogen-bond donors (Lipinski definition) is 1. The highest BCUT2D eigenvalue weighted by atomic mass is 32.2. The number of amides is 1. The lowest BCUT2D eigenvalue weighted by molar-refractivity contribution is -0.118. The first-order valence-electron chi connectivity index (χ1n) is 9.87. The lowest BCUT2D eigenvalue weighted by Crippen LogP contribution is -2.20. The molecule has 0 spiro atoms. The Hall–Kier alpha value is -2.77. The maximum atomic E-state index is 12.2. The van der Waals surface area contributed by atoms with Gasteiger partial charge in [-0.2, -0.15) is 0 Å². The Labute approximate surface area is 190 Å². The molecule has 0 radical (unpaired) electrons. The van der Waals surface area contributed by atoms with Gasteiger partial charge in [0.15, 0.2) is 6.61 Å². The zero-order chi connectivity index (χ0) is 21.5. The van der Waals surface area contributed by atoms with Crippen LogP contribution in [0.15, 0.2) is 72.8 Å². The van der Waals surface area contributed by atoms with Crippen molar-refractivity contribution in [3.63, 3.8) is 0 Å². The number of methoxy groups -OCH3 is 1. The fourth-order valence-corrected chi connectivity index (χ4v) is 5.88. The number of benzene rings is 3. The molecule has 31 heavy (non-hydrogen) atoms. The van der Waals surface area contributed by atoms with E-state index in [-0.39, 0.29) is 12.5 Å². The van der Waals surface area contributed by atoms with Gasteiger partial charge >= 0.3 is 0 Å². The van der Waals surface area contributed by atoms with Gasteiger partial charge < -0.3 is 19.5 Å². The van der Waals surface area contributed by atoms with Crippen molar-refractivity contribution in [1.82, 2.24) is 0 Å². The van der Waals surface area contributed by atoms with Crippen LogP contribution < -0.4 is 19.5 Å². The summed E-state index contributed by atoms with van der Waals surface area (Å²) in [6.07, 6.45) is 0. The average molecular weight is 454 g/mol. The van der Waals surface area contributed by atoms with Gasteiger partial charge in [-0.25, -0.2) is 0 Å². The fraction of sp³-hybridized carbons (Fsp3) is 0.208. The summed E-state index contributed by atoms with van der Waals surface area (Å²) >= 11 is 3.93. The molecule has 0 atom stereocenters. The van der Waals surface area contributed by atoms with Gasteiger partial charge in [-0.3, -0.25) is 4.79 Å². The molecule has 4 rings (SSSR count). The van der Waals surface area contributed by atoms with E-state index in [0.717, 1.165) is 5.75 Å². The molecule has 1 fully saturated rings. The number of anilines is 1. The fourth-order valence-electron chi connectivity index (χ4n) is 3.03. The maximum Gasteiger partial charge on any atom is 0.262 e. The highest BCUT2D eigenvalue weighted by Crippen LogP contribution is 2.45. The topological polar surface area (TPSA) is 56.8 Å². The van der Waals surface area contributed by atoms with E-state index in [9.17, 15) is 4.79 Å². The Bertz CT molecular complexity index is 1000. The Morgan fingerprint density at radius 2 is 1.58 bits per heavy atom. The van der Waals surface area contributed by atoms with Gasteiger partial charge in [-0.05, 0) is 54.1 Å². The van der Waals surface area contributed by atoms with Crippen LogP contribution in [0.2, 0.25) is 0 Å². The minimum atomic E-state index is -0.215. The van der Waals surface area contributed by atoms with E-state index in [4.69, 9.17) is 14.2 Å². The van der Waals surface area contributed by atoms with E-state index in [1.54, 1.807) is 31.4 Å². The lowest BCUT2D eigenvalue weighted by atomic mass is 10.2. The van der Waals surface area contributed by atoms with Crippen molar-refractivity contribution in [3.8, 4) is 23.0 Å². The maximum absolute atomic E-state index is 12.2. The lowest BCUT2D eigenvalue weighted by Gasteiger charge is -2.11. The van der Waals surface area contributed by atoms with Gasteiger partial charge in [0.25, 0.3) is 5.91 Å². The SMILES string of the molecule is COc1cccc(Oc2ccc(NC(=O)COc3ccc(C4SCCS4)cc3)cc2)c1. The van der Waals surface area contributed by atoms with Crippen LogP contribution in [0.3, 0.4) is 0 Å². The summed E-state index contributed by atoms with van der Waals surface area (Å²) in [4.78, 5) is 12.2. The zero-order valence-electron chi connectivity index (χ0n) is 17.1. The molecule has 3 aromatic carbocycles. The third kappa shape index (κ3) is 6.12. The molecule has 0 aliphatic carbocycles. The summed E-state index contributed by atoms with van der Waals surface area (Å²) in [6, 6.07) is 22.6. The number of ether oxygens (including phenoxy) is 3. The van der Waals surface area contributed by atoms with Gasteiger partial charge in [0.05, 0.1) is 11.7 Å². The number of rotatable bonds is 8. The third-order valence-electron chi connectivity index (χ3n) is 4.56. The predicted molar refractivity (Wildman–Crippen MR) is 128 cm³/mol. The van der Waals surface area contributed by atoms with Gasteiger partial charge in [-0.1, -0.05) is 18.2 Å². The van der Waals surface area contributed by atoms with Crippen molar-refractivity contribution >= 4 is 35.1 Å². The molecule has 5 nitrogen and oxygen atoms in total. The second-order valence-corrected chi connectivity index (χ2v) is 9.51. The second kappa shape index (κ2) is 10.5. The van der Waals surface area contributed by atoms with Gasteiger partial charge in [0, 0.05) is 23.3 Å². The summed E-state index contributed by atoms with van der Waals surface area (Å²) in [5.41, 5.74) is 1.97. The molecule has 3 aromatic rings. The minimum absolute atomic E-state index is 0.0473. The van der Waals surface area contributed by atoms with E-state index < -0.39 is 0 Å². The third-order valence-corrected chi connectivity index (χ3v) is 7.66. The monoisotopic (exact) mass is 453 g/mol. The quantitative estimate of drug-likeness (QED) is 0.453. The Morgan fingerprint density at radius 1 is 0.903 bits per heavy atom. The largest absolute Gasteiger partial charge is 0.497 e. The first kappa shape index (κ1) is 21.5. The van der Waals surface area contributed by atoms with Crippen LogP contribution in [0.25, 0.3) is 0 Å². The summed E-state index contributed by atoms with van der Waals surface area (Å²) in [7, 11) is 1.62. The summed E-state index contributed by atoms with van der Waals surface area (Å²) in [5, 5.41) is 2.83. The van der Waals surface area contributed by atoms with Crippen molar-refractivity contribution in [1.29, 1.82) is 0 Å². The highest BCUT2D eigenvalue weighted by molar-refractivity contribution is 8.19. The number of carbonyl (C=O) groups excluding carboxylic acids is 1. The van der Waals surface area contributed by atoms with Crippen molar-refractivity contribution in [2.24, 2.45) is 0 Å². The van der Waals surface area contributed by atoms with Crippen LogP contribution >= 0.6 is 23.5 Å². The van der Waals surface area contributed by atoms with Crippen molar-refractivity contribution in [2.75, 3.05) is 30.5 Å². The number of nitrogens with one attached hydrogen (secondary N) is 1. The molecule has 160 valence electrons. The molecular formula is C24H23NO4S2. The van der Waals surface area contributed by atoms with Gasteiger partial charge in [0.1, 0.15) is 23.0 Å². The zero-order valence-corrected chi connectivity index (χ0v) is 18.7.